The Morgan fingerprint density at radius 3 is 2.95 bits per heavy atom. The van der Waals surface area contributed by atoms with Crippen molar-refractivity contribution in [2.75, 3.05) is 17.3 Å². The van der Waals surface area contributed by atoms with Crippen LogP contribution < -0.4 is 16.6 Å². The lowest BCUT2D eigenvalue weighted by atomic mass is 9.95. The number of hydrogen-bond acceptors (Lipinski definition) is 6. The molecule has 7 nitrogen and oxygen atoms in total. The molecule has 19 heavy (non-hydrogen) atoms. The van der Waals surface area contributed by atoms with Gasteiger partial charge in [0.05, 0.1) is 6.20 Å². The van der Waals surface area contributed by atoms with Gasteiger partial charge in [-0.3, -0.25) is 0 Å². The number of aromatic nitrogens is 3. The second kappa shape index (κ2) is 5.41. The molecule has 0 saturated carbocycles. The summed E-state index contributed by atoms with van der Waals surface area (Å²) in [6, 6.07) is 0. The molecule has 2 heterocycles. The number of hydrogen-bond donors (Lipinski definition) is 4. The highest BCUT2D eigenvalue weighted by Gasteiger charge is 2.23. The number of anilines is 2. The normalized spacial score (nSPS) is 14.3. The number of imidazole rings is 1. The second-order valence-electron chi connectivity index (χ2n) is 4.79. The van der Waals surface area contributed by atoms with Gasteiger partial charge in [0.1, 0.15) is 0 Å². The van der Waals surface area contributed by atoms with Crippen LogP contribution in [0.3, 0.4) is 0 Å². The molecule has 5 N–H and O–H groups in total. The number of nitrogens with zero attached hydrogens (tertiary/aromatic N) is 3. The van der Waals surface area contributed by atoms with E-state index in [-0.39, 0.29) is 12.1 Å². The predicted octanol–water partition coefficient (Wildman–Crippen LogP) is 0.978. The number of aliphatic hydroxyl groups excluding tert-OH is 1. The quantitative estimate of drug-likeness (QED) is 0.458. The lowest BCUT2D eigenvalue weighted by Gasteiger charge is -2.29. The first-order valence-electron chi connectivity index (χ1n) is 6.31. The van der Waals surface area contributed by atoms with Gasteiger partial charge < -0.3 is 20.2 Å². The predicted molar refractivity (Wildman–Crippen MR) is 74.8 cm³/mol. The van der Waals surface area contributed by atoms with Crippen molar-refractivity contribution in [2.24, 2.45) is 5.84 Å². The zero-order valence-electron chi connectivity index (χ0n) is 11.2. The van der Waals surface area contributed by atoms with Gasteiger partial charge >= 0.3 is 0 Å². The van der Waals surface area contributed by atoms with Crippen LogP contribution in [0.2, 0.25) is 0 Å². The maximum Gasteiger partial charge on any atom is 0.180 e. The minimum Gasteiger partial charge on any atom is -0.396 e. The Morgan fingerprint density at radius 2 is 2.32 bits per heavy atom. The number of aliphatic hydroxyl groups is 1. The van der Waals surface area contributed by atoms with Gasteiger partial charge in [0.15, 0.2) is 17.3 Å². The average molecular weight is 264 g/mol. The minimum absolute atomic E-state index is 0.122. The fourth-order valence-corrected chi connectivity index (χ4v) is 1.95. The van der Waals surface area contributed by atoms with Gasteiger partial charge in [-0.05, 0) is 19.8 Å². The van der Waals surface area contributed by atoms with Gasteiger partial charge in [-0.25, -0.2) is 15.8 Å². The summed E-state index contributed by atoms with van der Waals surface area (Å²) in [6.45, 7) is 4.24. The van der Waals surface area contributed by atoms with E-state index in [4.69, 9.17) is 5.84 Å². The molecule has 1 unspecified atom stereocenters. The van der Waals surface area contributed by atoms with E-state index < -0.39 is 0 Å². The van der Waals surface area contributed by atoms with Crippen LogP contribution in [0.5, 0.6) is 0 Å². The number of hydrazine groups is 1. The fraction of sp³-hybridized carbons (Fsp3) is 0.500. The third kappa shape index (κ3) is 2.77. The van der Waals surface area contributed by atoms with Crippen LogP contribution in [-0.4, -0.2) is 31.6 Å². The molecule has 2 rings (SSSR count). The first-order valence-corrected chi connectivity index (χ1v) is 6.31. The summed E-state index contributed by atoms with van der Waals surface area (Å²) in [4.78, 5) is 8.67. The van der Waals surface area contributed by atoms with Crippen molar-refractivity contribution in [3.63, 3.8) is 0 Å². The van der Waals surface area contributed by atoms with Crippen LogP contribution in [0.4, 0.5) is 11.6 Å². The molecule has 0 aliphatic carbocycles. The topological polar surface area (TPSA) is 100 Å². The van der Waals surface area contributed by atoms with Crippen LogP contribution >= 0.6 is 0 Å². The Labute approximate surface area is 111 Å². The van der Waals surface area contributed by atoms with Crippen molar-refractivity contribution in [1.29, 1.82) is 0 Å². The molecule has 0 aliphatic heterocycles. The van der Waals surface area contributed by atoms with E-state index in [0.29, 0.717) is 18.1 Å². The van der Waals surface area contributed by atoms with Gasteiger partial charge in [-0.2, -0.15) is 0 Å². The highest BCUT2D eigenvalue weighted by molar-refractivity contribution is 5.66. The summed E-state index contributed by atoms with van der Waals surface area (Å²) in [5.41, 5.74) is 3.03. The van der Waals surface area contributed by atoms with Gasteiger partial charge in [0.2, 0.25) is 0 Å². The molecule has 0 amide bonds. The molecular weight excluding hydrogens is 244 g/mol. The van der Waals surface area contributed by atoms with Crippen molar-refractivity contribution < 1.29 is 5.11 Å². The zero-order chi connectivity index (χ0) is 13.9. The molecule has 104 valence electrons. The van der Waals surface area contributed by atoms with Crippen molar-refractivity contribution in [3.05, 3.63) is 18.6 Å². The largest absolute Gasteiger partial charge is 0.396 e. The van der Waals surface area contributed by atoms with Crippen molar-refractivity contribution in [3.8, 4) is 0 Å². The van der Waals surface area contributed by atoms with E-state index in [9.17, 15) is 5.11 Å². The van der Waals surface area contributed by atoms with Crippen LogP contribution in [0, 0.1) is 0 Å². The fourth-order valence-electron chi connectivity index (χ4n) is 1.95. The molecule has 0 aliphatic rings. The van der Waals surface area contributed by atoms with Crippen molar-refractivity contribution >= 4 is 17.3 Å². The molecule has 0 saturated heterocycles. The van der Waals surface area contributed by atoms with E-state index in [0.717, 1.165) is 12.1 Å². The van der Waals surface area contributed by atoms with E-state index in [1.807, 2.05) is 17.5 Å². The molecule has 0 aromatic carbocycles. The summed E-state index contributed by atoms with van der Waals surface area (Å²) in [6.07, 6.45) is 6.81. The van der Waals surface area contributed by atoms with Crippen molar-refractivity contribution in [1.82, 2.24) is 14.4 Å². The maximum absolute atomic E-state index is 9.17. The maximum atomic E-state index is 9.17. The Bertz CT molecular complexity index is 554. The number of nitrogens with one attached hydrogen (secondary N) is 2. The molecular formula is C12H20N6O. The zero-order valence-corrected chi connectivity index (χ0v) is 11.2. The Balaban J connectivity index is 2.40. The van der Waals surface area contributed by atoms with Crippen LogP contribution in [0.15, 0.2) is 18.6 Å². The highest BCUT2D eigenvalue weighted by Crippen LogP contribution is 2.24. The van der Waals surface area contributed by atoms with Crippen LogP contribution in [0.25, 0.3) is 5.65 Å². The summed E-state index contributed by atoms with van der Waals surface area (Å²) in [5.74, 6) is 6.62. The van der Waals surface area contributed by atoms with Crippen LogP contribution in [0.1, 0.15) is 26.7 Å². The van der Waals surface area contributed by atoms with Gasteiger partial charge in [0, 0.05) is 24.5 Å². The molecule has 2 aromatic heterocycles. The lowest BCUT2D eigenvalue weighted by molar-refractivity contribution is 0.252. The molecule has 7 heteroatoms. The SMILES string of the molecule is CCC(C)(CCO)Nc1nc(NN)cn2ccnc12. The molecule has 0 spiro atoms. The van der Waals surface area contributed by atoms with E-state index in [1.165, 1.54) is 0 Å². The number of nitrogens with two attached hydrogens (primary N) is 1. The summed E-state index contributed by atoms with van der Waals surface area (Å²) in [5, 5.41) is 12.5. The van der Waals surface area contributed by atoms with Gasteiger partial charge in [-0.15, -0.1) is 0 Å². The molecule has 0 bridgehead atoms. The van der Waals surface area contributed by atoms with E-state index in [1.54, 1.807) is 12.4 Å². The lowest BCUT2D eigenvalue weighted by Crippen LogP contribution is -2.35. The number of fused-ring (bicyclic) bond motifs is 1. The van der Waals surface area contributed by atoms with Gasteiger partial charge in [0.25, 0.3) is 0 Å². The van der Waals surface area contributed by atoms with E-state index in [2.05, 4.69) is 27.6 Å². The average Bonchev–Trinajstić information content (AvgIpc) is 2.87. The molecule has 0 radical (unpaired) electrons. The van der Waals surface area contributed by atoms with Gasteiger partial charge in [-0.1, -0.05) is 6.92 Å². The van der Waals surface area contributed by atoms with Crippen LogP contribution in [-0.2, 0) is 0 Å². The summed E-state index contributed by atoms with van der Waals surface area (Å²) >= 11 is 0. The standard InChI is InChI=1S/C12H20N6O/c1-3-12(2,4-7-19)16-10-11-14-5-6-18(11)8-9(15-10)17-13/h5-6,8,17,19H,3-4,7,13H2,1-2H3,(H,15,16). The first-order chi connectivity index (χ1) is 9.11. The number of nitrogen functional groups attached to an aromatic ring is 1. The molecule has 2 aromatic rings. The summed E-state index contributed by atoms with van der Waals surface area (Å²) in [7, 11) is 0. The third-order valence-electron chi connectivity index (χ3n) is 3.39. The number of rotatable bonds is 6. The second-order valence-corrected chi connectivity index (χ2v) is 4.79. The van der Waals surface area contributed by atoms with Crippen molar-refractivity contribution in [2.45, 2.75) is 32.2 Å². The Kier molecular flexibility index (Phi) is 3.87. The monoisotopic (exact) mass is 264 g/mol. The Morgan fingerprint density at radius 1 is 1.53 bits per heavy atom. The van der Waals surface area contributed by atoms with E-state index >= 15 is 0 Å². The highest BCUT2D eigenvalue weighted by atomic mass is 16.3. The smallest absolute Gasteiger partial charge is 0.180 e. The molecule has 0 fully saturated rings. The third-order valence-corrected chi connectivity index (χ3v) is 3.39. The molecule has 1 atom stereocenters. The first kappa shape index (κ1) is 13.6. The summed E-state index contributed by atoms with van der Waals surface area (Å²) < 4.78 is 1.85. The Hall–Kier alpha value is -1.86. The minimum atomic E-state index is -0.235.